The lowest BCUT2D eigenvalue weighted by molar-refractivity contribution is 0.0749. The molecule has 0 N–H and O–H groups in total. The first-order chi connectivity index (χ1) is 11.0. The lowest BCUT2D eigenvalue weighted by Crippen LogP contribution is -2.27. The van der Waals surface area contributed by atoms with Crippen molar-refractivity contribution in [3.8, 4) is 22.5 Å². The van der Waals surface area contributed by atoms with Crippen LogP contribution in [-0.2, 0) is 0 Å². The first-order valence-corrected chi connectivity index (χ1v) is 7.28. The summed E-state index contributed by atoms with van der Waals surface area (Å²) >= 11 is 0. The van der Waals surface area contributed by atoms with E-state index in [0.717, 1.165) is 16.8 Å². The maximum Gasteiger partial charge on any atom is 0.252 e. The lowest BCUT2D eigenvalue weighted by Gasteiger charge is -2.15. The third kappa shape index (κ3) is 3.01. The van der Waals surface area contributed by atoms with Crippen LogP contribution in [0.2, 0.25) is 0 Å². The van der Waals surface area contributed by atoms with Gasteiger partial charge in [-0.2, -0.15) is 5.10 Å². The van der Waals surface area contributed by atoms with E-state index < -0.39 is 5.41 Å². The molecule has 0 aliphatic carbocycles. The second-order valence-corrected chi connectivity index (χ2v) is 6.22. The van der Waals surface area contributed by atoms with Gasteiger partial charge in [-0.25, -0.2) is 14.6 Å². The average Bonchev–Trinajstić information content (AvgIpc) is 3.00. The van der Waals surface area contributed by atoms with Gasteiger partial charge in [0.25, 0.3) is 5.91 Å². The summed E-state index contributed by atoms with van der Waals surface area (Å²) in [4.78, 5) is 24.8. The molecule has 3 rings (SSSR count). The van der Waals surface area contributed by atoms with E-state index in [2.05, 4.69) is 20.1 Å². The van der Waals surface area contributed by atoms with Crippen molar-refractivity contribution in [2.24, 2.45) is 5.41 Å². The Morgan fingerprint density at radius 1 is 1.04 bits per heavy atom. The van der Waals surface area contributed by atoms with Crippen molar-refractivity contribution in [3.63, 3.8) is 0 Å². The topological polar surface area (TPSA) is 73.6 Å². The summed E-state index contributed by atoms with van der Waals surface area (Å²) in [5, 5.41) is 4.50. The molecular weight excluding hydrogens is 290 g/mol. The van der Waals surface area contributed by atoms with E-state index >= 15 is 0 Å². The van der Waals surface area contributed by atoms with E-state index in [1.807, 2.05) is 32.9 Å². The maximum atomic E-state index is 12.5. The molecule has 0 spiro atoms. The van der Waals surface area contributed by atoms with Gasteiger partial charge in [0.05, 0.1) is 5.69 Å². The third-order valence-electron chi connectivity index (χ3n) is 3.38. The smallest absolute Gasteiger partial charge is 0.252 e. The van der Waals surface area contributed by atoms with E-state index in [0.29, 0.717) is 5.69 Å². The number of hydrogen-bond donors (Lipinski definition) is 0. The molecule has 6 heteroatoms. The Kier molecular flexibility index (Phi) is 3.73. The van der Waals surface area contributed by atoms with Crippen LogP contribution in [0.1, 0.15) is 25.6 Å². The molecule has 0 bridgehead atoms. The minimum Gasteiger partial charge on any atom is -0.272 e. The number of hydrogen-bond acceptors (Lipinski definition) is 5. The zero-order valence-corrected chi connectivity index (χ0v) is 13.3. The summed E-state index contributed by atoms with van der Waals surface area (Å²) in [6.07, 6.45) is 8.27. The number of carbonyl (C=O) groups is 1. The molecular formula is C17H17N5O. The summed E-state index contributed by atoms with van der Waals surface area (Å²) in [6, 6.07) is 5.52. The number of carbonyl (C=O) groups excluding carboxylic acids is 1. The van der Waals surface area contributed by atoms with Crippen molar-refractivity contribution in [1.82, 2.24) is 24.7 Å². The van der Waals surface area contributed by atoms with Gasteiger partial charge in [0, 0.05) is 41.3 Å². The fourth-order valence-corrected chi connectivity index (χ4v) is 2.18. The van der Waals surface area contributed by atoms with Crippen LogP contribution in [0.25, 0.3) is 22.5 Å². The summed E-state index contributed by atoms with van der Waals surface area (Å²) in [7, 11) is 0. The zero-order chi connectivity index (χ0) is 16.4. The van der Waals surface area contributed by atoms with Crippen LogP contribution in [0.5, 0.6) is 0 Å². The van der Waals surface area contributed by atoms with Crippen molar-refractivity contribution in [2.75, 3.05) is 0 Å². The van der Waals surface area contributed by atoms with Crippen molar-refractivity contribution in [2.45, 2.75) is 20.8 Å². The van der Waals surface area contributed by atoms with Gasteiger partial charge in [0.15, 0.2) is 0 Å². The van der Waals surface area contributed by atoms with Crippen LogP contribution in [0, 0.1) is 5.41 Å². The number of rotatable bonds is 2. The van der Waals surface area contributed by atoms with E-state index in [-0.39, 0.29) is 5.91 Å². The van der Waals surface area contributed by atoms with Gasteiger partial charge < -0.3 is 0 Å². The van der Waals surface area contributed by atoms with Crippen LogP contribution in [-0.4, -0.2) is 30.6 Å². The molecule has 0 amide bonds. The van der Waals surface area contributed by atoms with E-state index in [4.69, 9.17) is 0 Å². The molecule has 0 aliphatic heterocycles. The molecule has 116 valence electrons. The number of nitrogens with zero attached hydrogens (tertiary/aromatic N) is 5. The fourth-order valence-electron chi connectivity index (χ4n) is 2.18. The Morgan fingerprint density at radius 2 is 1.74 bits per heavy atom. The van der Waals surface area contributed by atoms with E-state index in [1.165, 1.54) is 11.0 Å². The van der Waals surface area contributed by atoms with E-state index in [1.54, 1.807) is 30.9 Å². The van der Waals surface area contributed by atoms with Gasteiger partial charge in [0.2, 0.25) is 0 Å². The average molecular weight is 307 g/mol. The molecule has 6 nitrogen and oxygen atoms in total. The molecule has 0 atom stereocenters. The van der Waals surface area contributed by atoms with Gasteiger partial charge in [-0.05, 0) is 18.2 Å². The summed E-state index contributed by atoms with van der Waals surface area (Å²) < 4.78 is 1.40. The molecule has 3 aromatic heterocycles. The van der Waals surface area contributed by atoms with Gasteiger partial charge in [-0.1, -0.05) is 20.8 Å². The Morgan fingerprint density at radius 3 is 2.35 bits per heavy atom. The van der Waals surface area contributed by atoms with Gasteiger partial charge in [-0.3, -0.25) is 9.78 Å². The van der Waals surface area contributed by atoms with Crippen molar-refractivity contribution >= 4 is 5.91 Å². The minimum atomic E-state index is -0.523. The van der Waals surface area contributed by atoms with Crippen LogP contribution in [0.3, 0.4) is 0 Å². The fraction of sp³-hybridized carbons (Fsp3) is 0.235. The molecule has 0 saturated heterocycles. The third-order valence-corrected chi connectivity index (χ3v) is 3.38. The van der Waals surface area contributed by atoms with Crippen LogP contribution >= 0.6 is 0 Å². The highest BCUT2D eigenvalue weighted by atomic mass is 16.2. The molecule has 3 heterocycles. The molecule has 3 aromatic rings. The van der Waals surface area contributed by atoms with Gasteiger partial charge in [0.1, 0.15) is 12.0 Å². The van der Waals surface area contributed by atoms with Crippen molar-refractivity contribution in [1.29, 1.82) is 0 Å². The highest BCUT2D eigenvalue weighted by Crippen LogP contribution is 2.30. The van der Waals surface area contributed by atoms with Crippen LogP contribution < -0.4 is 0 Å². The second-order valence-electron chi connectivity index (χ2n) is 6.22. The molecule has 0 fully saturated rings. The molecule has 0 unspecified atom stereocenters. The Hall–Kier alpha value is -2.89. The summed E-state index contributed by atoms with van der Waals surface area (Å²) in [5.41, 5.74) is 2.57. The molecule has 23 heavy (non-hydrogen) atoms. The maximum absolute atomic E-state index is 12.5. The molecule has 0 aromatic carbocycles. The second kappa shape index (κ2) is 5.72. The first kappa shape index (κ1) is 15.0. The Labute approximate surface area is 134 Å². The summed E-state index contributed by atoms with van der Waals surface area (Å²) in [5.74, 6) is -0.0758. The van der Waals surface area contributed by atoms with Crippen molar-refractivity contribution < 1.29 is 4.79 Å². The van der Waals surface area contributed by atoms with Crippen molar-refractivity contribution in [3.05, 3.63) is 49.3 Å². The highest BCUT2D eigenvalue weighted by Gasteiger charge is 2.26. The largest absolute Gasteiger partial charge is 0.272 e. The van der Waals surface area contributed by atoms with Crippen LogP contribution in [0.15, 0.2) is 49.3 Å². The predicted molar refractivity (Wildman–Crippen MR) is 86.6 cm³/mol. The Bertz CT molecular complexity index is 762. The zero-order valence-electron chi connectivity index (χ0n) is 13.3. The summed E-state index contributed by atoms with van der Waals surface area (Å²) in [6.45, 7) is 5.61. The standard InChI is InChI=1S/C17H17N5O/c1-17(2,3)16(23)22-10-13(14-6-9-19-11-20-14)15(21-22)12-4-7-18-8-5-12/h4-11H,1-3H3. The lowest BCUT2D eigenvalue weighted by atomic mass is 9.96. The monoisotopic (exact) mass is 307 g/mol. The molecule has 0 saturated carbocycles. The molecule has 0 aliphatic rings. The number of aromatic nitrogens is 5. The highest BCUT2D eigenvalue weighted by molar-refractivity contribution is 5.87. The van der Waals surface area contributed by atoms with Gasteiger partial charge in [-0.15, -0.1) is 0 Å². The predicted octanol–water partition coefficient (Wildman–Crippen LogP) is 3.09. The minimum absolute atomic E-state index is 0.0758. The first-order valence-electron chi connectivity index (χ1n) is 7.28. The number of pyridine rings is 1. The van der Waals surface area contributed by atoms with Crippen LogP contribution in [0.4, 0.5) is 0 Å². The normalized spacial score (nSPS) is 11.4. The van der Waals surface area contributed by atoms with E-state index in [9.17, 15) is 4.79 Å². The quantitative estimate of drug-likeness (QED) is 0.727. The van der Waals surface area contributed by atoms with Gasteiger partial charge >= 0.3 is 0 Å². The SMILES string of the molecule is CC(C)(C)C(=O)n1cc(-c2ccncn2)c(-c2ccncc2)n1. The Balaban J connectivity index is 2.18. The molecule has 0 radical (unpaired) electrons.